The Bertz CT molecular complexity index is 909. The number of thioether (sulfide) groups is 1. The molecule has 2 aromatic rings. The number of rotatable bonds is 12. The number of hydrogen-bond acceptors (Lipinski definition) is 3. The van der Waals surface area contributed by atoms with Gasteiger partial charge in [0.2, 0.25) is 0 Å². The van der Waals surface area contributed by atoms with Crippen LogP contribution < -0.4 is 0 Å². The highest BCUT2D eigenvalue weighted by Crippen LogP contribution is 2.40. The first-order valence-electron chi connectivity index (χ1n) is 11.2. The molecule has 0 bridgehead atoms. The van der Waals surface area contributed by atoms with Crippen molar-refractivity contribution in [2.75, 3.05) is 6.54 Å². The first-order chi connectivity index (χ1) is 15.1. The van der Waals surface area contributed by atoms with Crippen molar-refractivity contribution in [2.45, 2.75) is 63.2 Å². The highest BCUT2D eigenvalue weighted by atomic mass is 35.5. The van der Waals surface area contributed by atoms with E-state index in [4.69, 9.17) is 11.6 Å². The summed E-state index contributed by atoms with van der Waals surface area (Å²) in [6.07, 6.45) is 9.42. The fraction of sp³-hybridized carbons (Fsp3) is 0.385. The van der Waals surface area contributed by atoms with Gasteiger partial charge in [0.1, 0.15) is 0 Å². The zero-order valence-corrected chi connectivity index (χ0v) is 19.7. The molecule has 31 heavy (non-hydrogen) atoms. The van der Waals surface area contributed by atoms with Crippen molar-refractivity contribution in [3.63, 3.8) is 0 Å². The highest BCUT2D eigenvalue weighted by Gasteiger charge is 2.38. The zero-order valence-electron chi connectivity index (χ0n) is 18.1. The Labute approximate surface area is 194 Å². The second-order valence-corrected chi connectivity index (χ2v) is 9.38. The van der Waals surface area contributed by atoms with Gasteiger partial charge >= 0.3 is 0 Å². The van der Waals surface area contributed by atoms with Crippen LogP contribution in [0.15, 0.2) is 64.4 Å². The van der Waals surface area contributed by atoms with Crippen LogP contribution in [0.2, 0.25) is 5.02 Å². The quantitative estimate of drug-likeness (QED) is 0.248. The number of amides is 2. The molecule has 2 aromatic carbocycles. The van der Waals surface area contributed by atoms with Gasteiger partial charge in [0.15, 0.2) is 0 Å². The molecule has 0 spiro atoms. The SMILES string of the molecule is CCCCCCCCCCN1C(=O)C(Sc2ccc(Cl)cc2)=C(c2ccccc2)C1=O. The Hall–Kier alpha value is -2.04. The minimum absolute atomic E-state index is 0.185. The first kappa shape index (κ1) is 23.6. The van der Waals surface area contributed by atoms with E-state index in [1.165, 1.54) is 48.8 Å². The van der Waals surface area contributed by atoms with Crippen molar-refractivity contribution in [1.82, 2.24) is 4.90 Å². The van der Waals surface area contributed by atoms with Gasteiger partial charge in [-0.05, 0) is 36.2 Å². The van der Waals surface area contributed by atoms with Crippen molar-refractivity contribution in [1.29, 1.82) is 0 Å². The summed E-state index contributed by atoms with van der Waals surface area (Å²) in [4.78, 5) is 29.2. The van der Waals surface area contributed by atoms with E-state index >= 15 is 0 Å². The van der Waals surface area contributed by atoms with Crippen LogP contribution in [0.1, 0.15) is 63.9 Å². The van der Waals surface area contributed by atoms with Crippen LogP contribution in [0.5, 0.6) is 0 Å². The summed E-state index contributed by atoms with van der Waals surface area (Å²) in [7, 11) is 0. The summed E-state index contributed by atoms with van der Waals surface area (Å²) < 4.78 is 0. The average molecular weight is 456 g/mol. The van der Waals surface area contributed by atoms with Gasteiger partial charge in [0.05, 0.1) is 10.5 Å². The fourth-order valence-electron chi connectivity index (χ4n) is 3.74. The molecular formula is C26H30ClNO2S. The van der Waals surface area contributed by atoms with E-state index in [1.807, 2.05) is 42.5 Å². The first-order valence-corrected chi connectivity index (χ1v) is 12.4. The van der Waals surface area contributed by atoms with E-state index < -0.39 is 0 Å². The van der Waals surface area contributed by atoms with Gasteiger partial charge in [-0.3, -0.25) is 14.5 Å². The van der Waals surface area contributed by atoms with Crippen LogP contribution in [0.25, 0.3) is 5.57 Å². The Morgan fingerprint density at radius 1 is 0.774 bits per heavy atom. The fourth-order valence-corrected chi connectivity index (χ4v) is 4.87. The minimum atomic E-state index is -0.188. The van der Waals surface area contributed by atoms with E-state index in [0.29, 0.717) is 22.0 Å². The number of nitrogens with zero attached hydrogens (tertiary/aromatic N) is 1. The maximum absolute atomic E-state index is 13.2. The number of hydrogen-bond donors (Lipinski definition) is 0. The third kappa shape index (κ3) is 6.47. The van der Waals surface area contributed by atoms with Crippen molar-refractivity contribution >= 4 is 40.8 Å². The Balaban J connectivity index is 1.67. The molecule has 0 radical (unpaired) electrons. The molecule has 1 heterocycles. The summed E-state index contributed by atoms with van der Waals surface area (Å²) in [5.41, 5.74) is 1.29. The largest absolute Gasteiger partial charge is 0.274 e. The molecule has 0 unspecified atom stereocenters. The standard InChI is InChI=1S/C26H30ClNO2S/c1-2-3-4-5-6-7-8-12-19-28-25(29)23(20-13-10-9-11-14-20)24(26(28)30)31-22-17-15-21(27)16-18-22/h9-11,13-18H,2-8,12,19H2,1H3. The molecule has 0 saturated carbocycles. The molecule has 3 nitrogen and oxygen atoms in total. The van der Waals surface area contributed by atoms with Crippen molar-refractivity contribution < 1.29 is 9.59 Å². The number of benzene rings is 2. The van der Waals surface area contributed by atoms with Gasteiger partial charge in [0.25, 0.3) is 11.8 Å². The van der Waals surface area contributed by atoms with E-state index in [1.54, 1.807) is 12.1 Å². The number of halogens is 1. The molecule has 0 aliphatic carbocycles. The maximum atomic E-state index is 13.2. The van der Waals surface area contributed by atoms with Gasteiger partial charge < -0.3 is 0 Å². The van der Waals surface area contributed by atoms with Crippen molar-refractivity contribution in [2.24, 2.45) is 0 Å². The van der Waals surface area contributed by atoms with Crippen LogP contribution >= 0.6 is 23.4 Å². The third-order valence-corrected chi connectivity index (χ3v) is 6.80. The van der Waals surface area contributed by atoms with Gasteiger partial charge in [-0.1, -0.05) is 106 Å². The van der Waals surface area contributed by atoms with E-state index in [9.17, 15) is 9.59 Å². The molecule has 164 valence electrons. The summed E-state index contributed by atoms with van der Waals surface area (Å²) in [5, 5.41) is 0.645. The van der Waals surface area contributed by atoms with Crippen molar-refractivity contribution in [3.8, 4) is 0 Å². The number of unbranched alkanes of at least 4 members (excludes halogenated alkanes) is 7. The molecule has 5 heteroatoms. The summed E-state index contributed by atoms with van der Waals surface area (Å²) in [6.45, 7) is 2.70. The lowest BCUT2D eigenvalue weighted by Gasteiger charge is -2.15. The number of carbonyl (C=O) groups excluding carboxylic acids is 2. The van der Waals surface area contributed by atoms with Gasteiger partial charge in [0, 0.05) is 16.5 Å². The average Bonchev–Trinajstić information content (AvgIpc) is 3.01. The zero-order chi connectivity index (χ0) is 22.1. The number of imide groups is 1. The van der Waals surface area contributed by atoms with Gasteiger partial charge in [-0.2, -0.15) is 0 Å². The molecular weight excluding hydrogens is 426 g/mol. The lowest BCUT2D eigenvalue weighted by atomic mass is 10.1. The topological polar surface area (TPSA) is 37.4 Å². The van der Waals surface area contributed by atoms with Crippen LogP contribution in [0.3, 0.4) is 0 Å². The normalized spacial score (nSPS) is 14.1. The Morgan fingerprint density at radius 2 is 1.39 bits per heavy atom. The smallest absolute Gasteiger partial charge is 0.268 e. The summed E-state index contributed by atoms with van der Waals surface area (Å²) >= 11 is 7.34. The van der Waals surface area contributed by atoms with Crippen LogP contribution in [0, 0.1) is 0 Å². The van der Waals surface area contributed by atoms with Crippen LogP contribution in [-0.2, 0) is 9.59 Å². The molecule has 0 saturated heterocycles. The second kappa shape index (κ2) is 12.1. The van der Waals surface area contributed by atoms with Crippen molar-refractivity contribution in [3.05, 3.63) is 70.1 Å². The second-order valence-electron chi connectivity index (χ2n) is 7.86. The van der Waals surface area contributed by atoms with Crippen LogP contribution in [-0.4, -0.2) is 23.3 Å². The van der Waals surface area contributed by atoms with Gasteiger partial charge in [-0.15, -0.1) is 0 Å². The molecule has 0 fully saturated rings. The molecule has 0 N–H and O–H groups in total. The van der Waals surface area contributed by atoms with E-state index in [0.717, 1.165) is 29.7 Å². The Morgan fingerprint density at radius 3 is 2.03 bits per heavy atom. The van der Waals surface area contributed by atoms with E-state index in [-0.39, 0.29) is 11.8 Å². The molecule has 0 aromatic heterocycles. The minimum Gasteiger partial charge on any atom is -0.274 e. The Kier molecular flexibility index (Phi) is 9.23. The molecule has 3 rings (SSSR count). The number of carbonyl (C=O) groups is 2. The maximum Gasteiger partial charge on any atom is 0.268 e. The molecule has 2 amide bonds. The molecule has 1 aliphatic heterocycles. The highest BCUT2D eigenvalue weighted by molar-refractivity contribution is 8.04. The molecule has 1 aliphatic rings. The lowest BCUT2D eigenvalue weighted by molar-refractivity contribution is -0.136. The lowest BCUT2D eigenvalue weighted by Crippen LogP contribution is -2.32. The summed E-state index contributed by atoms with van der Waals surface area (Å²) in [5.74, 6) is -0.373. The van der Waals surface area contributed by atoms with Crippen LogP contribution in [0.4, 0.5) is 0 Å². The predicted octanol–water partition coefficient (Wildman–Crippen LogP) is 7.35. The summed E-state index contributed by atoms with van der Waals surface area (Å²) in [6, 6.07) is 16.8. The monoisotopic (exact) mass is 455 g/mol. The third-order valence-electron chi connectivity index (χ3n) is 5.46. The van der Waals surface area contributed by atoms with E-state index in [2.05, 4.69) is 6.92 Å². The molecule has 0 atom stereocenters. The van der Waals surface area contributed by atoms with Gasteiger partial charge in [-0.25, -0.2) is 0 Å². The predicted molar refractivity (Wildman–Crippen MR) is 130 cm³/mol.